The highest BCUT2D eigenvalue weighted by Crippen LogP contribution is 2.44. The monoisotopic (exact) mass is 322 g/mol. The molecule has 124 valence electrons. The van der Waals surface area contributed by atoms with E-state index in [-0.39, 0.29) is 11.2 Å². The zero-order valence-corrected chi connectivity index (χ0v) is 14.0. The van der Waals surface area contributed by atoms with Gasteiger partial charge in [0, 0.05) is 12.0 Å². The molecule has 2 aromatic rings. The smallest absolute Gasteiger partial charge is 0.346 e. The molecule has 3 nitrogen and oxygen atoms in total. The molecule has 24 heavy (non-hydrogen) atoms. The standard InChI is InChI=1S/C21H22O3/c1-15-13-19-18(20(22)23-15)10-12-21(24-19)11-6-5-9-17(21)14-16-7-3-2-4-8-16/h2-4,7-8,10,12-13,17H,5-6,9,11,14H2,1H3/t17-,21+/m1/s1. The summed E-state index contributed by atoms with van der Waals surface area (Å²) in [5.41, 5.74) is 1.26. The molecule has 0 radical (unpaired) electrons. The lowest BCUT2D eigenvalue weighted by Gasteiger charge is -2.44. The average molecular weight is 322 g/mol. The first-order valence-electron chi connectivity index (χ1n) is 8.73. The van der Waals surface area contributed by atoms with Gasteiger partial charge in [-0.3, -0.25) is 0 Å². The summed E-state index contributed by atoms with van der Waals surface area (Å²) < 4.78 is 11.6. The van der Waals surface area contributed by atoms with Gasteiger partial charge in [-0.25, -0.2) is 4.79 Å². The molecule has 2 aliphatic rings. The minimum atomic E-state index is -0.313. The molecule has 1 aromatic carbocycles. The summed E-state index contributed by atoms with van der Waals surface area (Å²) in [6.45, 7) is 1.79. The van der Waals surface area contributed by atoms with Gasteiger partial charge in [0.05, 0.1) is 0 Å². The molecule has 2 heterocycles. The van der Waals surface area contributed by atoms with Crippen LogP contribution in [0.1, 0.15) is 42.6 Å². The van der Waals surface area contributed by atoms with E-state index in [9.17, 15) is 4.79 Å². The number of ether oxygens (including phenoxy) is 1. The van der Waals surface area contributed by atoms with Crippen molar-refractivity contribution in [3.63, 3.8) is 0 Å². The van der Waals surface area contributed by atoms with Crippen molar-refractivity contribution < 1.29 is 9.15 Å². The highest BCUT2D eigenvalue weighted by molar-refractivity contribution is 5.60. The van der Waals surface area contributed by atoms with Gasteiger partial charge in [0.1, 0.15) is 22.7 Å². The molecule has 1 aliphatic carbocycles. The van der Waals surface area contributed by atoms with E-state index in [1.807, 2.05) is 12.1 Å². The Kier molecular flexibility index (Phi) is 3.79. The van der Waals surface area contributed by atoms with Crippen molar-refractivity contribution in [2.45, 2.75) is 44.6 Å². The van der Waals surface area contributed by atoms with Gasteiger partial charge < -0.3 is 9.15 Å². The molecule has 1 aromatic heterocycles. The molecule has 0 N–H and O–H groups in total. The minimum Gasteiger partial charge on any atom is -0.482 e. The van der Waals surface area contributed by atoms with Crippen molar-refractivity contribution in [2.75, 3.05) is 0 Å². The molecule has 0 unspecified atom stereocenters. The number of hydrogen-bond acceptors (Lipinski definition) is 3. The summed E-state index contributed by atoms with van der Waals surface area (Å²) >= 11 is 0. The molecule has 0 bridgehead atoms. The summed E-state index contributed by atoms with van der Waals surface area (Å²) in [5, 5.41) is 0. The van der Waals surface area contributed by atoms with E-state index >= 15 is 0 Å². The topological polar surface area (TPSA) is 39.4 Å². The van der Waals surface area contributed by atoms with Crippen LogP contribution in [0.3, 0.4) is 0 Å². The maximum Gasteiger partial charge on any atom is 0.346 e. The van der Waals surface area contributed by atoms with Crippen molar-refractivity contribution in [2.24, 2.45) is 5.92 Å². The second-order valence-electron chi connectivity index (χ2n) is 6.95. The lowest BCUT2D eigenvalue weighted by Crippen LogP contribution is -2.47. The highest BCUT2D eigenvalue weighted by atomic mass is 16.5. The van der Waals surface area contributed by atoms with Crippen LogP contribution in [0.4, 0.5) is 0 Å². The Labute approximate surface area is 142 Å². The highest BCUT2D eigenvalue weighted by Gasteiger charge is 2.43. The fourth-order valence-electron chi connectivity index (χ4n) is 4.06. The van der Waals surface area contributed by atoms with Gasteiger partial charge in [0.2, 0.25) is 0 Å². The number of aryl methyl sites for hydroxylation is 1. The molecule has 0 amide bonds. The Morgan fingerprint density at radius 3 is 2.88 bits per heavy atom. The van der Waals surface area contributed by atoms with Crippen LogP contribution < -0.4 is 10.4 Å². The predicted molar refractivity (Wildman–Crippen MR) is 94.2 cm³/mol. The van der Waals surface area contributed by atoms with E-state index in [0.717, 1.165) is 25.7 Å². The molecular formula is C21H22O3. The Hall–Kier alpha value is -2.29. The largest absolute Gasteiger partial charge is 0.482 e. The second-order valence-corrected chi connectivity index (χ2v) is 6.95. The lowest BCUT2D eigenvalue weighted by molar-refractivity contribution is 0.0168. The third-order valence-corrected chi connectivity index (χ3v) is 5.29. The van der Waals surface area contributed by atoms with Gasteiger partial charge in [-0.2, -0.15) is 0 Å². The quantitative estimate of drug-likeness (QED) is 0.815. The first kappa shape index (κ1) is 15.3. The summed E-state index contributed by atoms with van der Waals surface area (Å²) in [4.78, 5) is 12.0. The number of hydrogen-bond donors (Lipinski definition) is 0. The van der Waals surface area contributed by atoms with Crippen LogP contribution in [-0.4, -0.2) is 5.60 Å². The molecule has 2 atom stereocenters. The number of fused-ring (bicyclic) bond motifs is 1. The van der Waals surface area contributed by atoms with Crippen molar-refractivity contribution in [3.8, 4) is 5.75 Å². The van der Waals surface area contributed by atoms with Crippen LogP contribution >= 0.6 is 0 Å². The van der Waals surface area contributed by atoms with Crippen LogP contribution in [0.25, 0.3) is 6.08 Å². The van der Waals surface area contributed by atoms with Gasteiger partial charge in [-0.05, 0) is 50.3 Å². The molecule has 4 rings (SSSR count). The predicted octanol–water partition coefficient (Wildman–Crippen LogP) is 4.53. The zero-order valence-electron chi connectivity index (χ0n) is 14.0. The lowest BCUT2D eigenvalue weighted by atomic mass is 9.71. The maximum absolute atomic E-state index is 12.0. The third-order valence-electron chi connectivity index (χ3n) is 5.29. The van der Waals surface area contributed by atoms with Gasteiger partial charge in [-0.15, -0.1) is 0 Å². The molecule has 0 saturated heterocycles. The Bertz CT molecular complexity index is 819. The Balaban J connectivity index is 1.69. The summed E-state index contributed by atoms with van der Waals surface area (Å²) in [6, 6.07) is 12.4. The zero-order chi connectivity index (χ0) is 16.6. The SMILES string of the molecule is Cc1cc2c(c(=O)o1)C=C[C@]1(CCCC[C@@H]1Cc1ccccc1)O2. The van der Waals surface area contributed by atoms with Crippen molar-refractivity contribution in [3.05, 3.63) is 69.8 Å². The first-order valence-corrected chi connectivity index (χ1v) is 8.73. The minimum absolute atomic E-state index is 0.304. The van der Waals surface area contributed by atoms with E-state index in [1.54, 1.807) is 6.92 Å². The molecule has 1 saturated carbocycles. The van der Waals surface area contributed by atoms with Gasteiger partial charge in [0.25, 0.3) is 0 Å². The molecular weight excluding hydrogens is 300 g/mol. The van der Waals surface area contributed by atoms with E-state index in [4.69, 9.17) is 9.15 Å². The summed E-state index contributed by atoms with van der Waals surface area (Å²) in [6.07, 6.45) is 9.56. The molecule has 1 fully saturated rings. The first-order chi connectivity index (χ1) is 11.7. The van der Waals surface area contributed by atoms with E-state index in [2.05, 4.69) is 36.4 Å². The molecule has 1 aliphatic heterocycles. The van der Waals surface area contributed by atoms with Gasteiger partial charge in [0.15, 0.2) is 0 Å². The summed E-state index contributed by atoms with van der Waals surface area (Å²) in [7, 11) is 0. The van der Waals surface area contributed by atoms with E-state index in [0.29, 0.717) is 23.0 Å². The van der Waals surface area contributed by atoms with Crippen LogP contribution in [0.5, 0.6) is 5.75 Å². The second kappa shape index (κ2) is 5.97. The number of rotatable bonds is 2. The van der Waals surface area contributed by atoms with Crippen molar-refractivity contribution in [1.29, 1.82) is 0 Å². The van der Waals surface area contributed by atoms with Crippen LogP contribution in [0, 0.1) is 12.8 Å². The normalized spacial score (nSPS) is 25.3. The Morgan fingerprint density at radius 2 is 2.04 bits per heavy atom. The van der Waals surface area contributed by atoms with E-state index in [1.165, 1.54) is 12.0 Å². The fourth-order valence-corrected chi connectivity index (χ4v) is 4.06. The van der Waals surface area contributed by atoms with E-state index < -0.39 is 0 Å². The van der Waals surface area contributed by atoms with Gasteiger partial charge in [-0.1, -0.05) is 36.8 Å². The fraction of sp³-hybridized carbons (Fsp3) is 0.381. The van der Waals surface area contributed by atoms with Crippen LogP contribution in [0.15, 0.2) is 51.7 Å². The average Bonchev–Trinajstić information content (AvgIpc) is 2.57. The molecule has 1 spiro atoms. The number of benzene rings is 1. The van der Waals surface area contributed by atoms with Crippen LogP contribution in [-0.2, 0) is 6.42 Å². The maximum atomic E-state index is 12.0. The van der Waals surface area contributed by atoms with Crippen LogP contribution in [0.2, 0.25) is 0 Å². The third kappa shape index (κ3) is 2.68. The Morgan fingerprint density at radius 1 is 1.21 bits per heavy atom. The summed E-state index contributed by atoms with van der Waals surface area (Å²) in [5.74, 6) is 1.69. The van der Waals surface area contributed by atoms with Crippen molar-refractivity contribution in [1.82, 2.24) is 0 Å². The van der Waals surface area contributed by atoms with Gasteiger partial charge >= 0.3 is 5.63 Å². The molecule has 3 heteroatoms. The van der Waals surface area contributed by atoms with Crippen molar-refractivity contribution >= 4 is 6.08 Å².